The van der Waals surface area contributed by atoms with Crippen LogP contribution in [-0.2, 0) is 6.42 Å². The fourth-order valence-electron chi connectivity index (χ4n) is 2.09. The maximum absolute atomic E-state index is 9.69. The summed E-state index contributed by atoms with van der Waals surface area (Å²) in [6.45, 7) is 4.10. The molecule has 3 aromatic heterocycles. The lowest BCUT2D eigenvalue weighted by molar-refractivity contribution is 0.427. The minimum Gasteiger partial charge on any atom is -0.479 e. The van der Waals surface area contributed by atoms with Crippen molar-refractivity contribution in [1.82, 2.24) is 19.6 Å². The van der Waals surface area contributed by atoms with E-state index in [1.165, 1.54) is 0 Å². The van der Waals surface area contributed by atoms with Crippen molar-refractivity contribution in [1.29, 1.82) is 0 Å². The molecule has 0 saturated heterocycles. The molecule has 0 aromatic carbocycles. The Bertz CT molecular complexity index is 717. The Balaban J connectivity index is 2.49. The van der Waals surface area contributed by atoms with Gasteiger partial charge in [-0.05, 0) is 37.1 Å². The van der Waals surface area contributed by atoms with Crippen molar-refractivity contribution in [3.63, 3.8) is 0 Å². The summed E-state index contributed by atoms with van der Waals surface area (Å²) in [6.07, 6.45) is 0.897. The third kappa shape index (κ3) is 1.35. The first kappa shape index (κ1) is 10.0. The SMILES string of the molecule is CCc1nc2ccc3nnc(O)n3c2cc1C. The molecule has 0 aliphatic carbocycles. The van der Waals surface area contributed by atoms with Crippen LogP contribution >= 0.6 is 0 Å². The van der Waals surface area contributed by atoms with Crippen LogP contribution in [0.3, 0.4) is 0 Å². The van der Waals surface area contributed by atoms with Gasteiger partial charge in [-0.1, -0.05) is 12.0 Å². The van der Waals surface area contributed by atoms with Gasteiger partial charge >= 0.3 is 6.01 Å². The molecule has 0 aliphatic heterocycles. The van der Waals surface area contributed by atoms with E-state index in [1.54, 1.807) is 10.5 Å². The number of fused-ring (bicyclic) bond motifs is 3. The van der Waals surface area contributed by atoms with Crippen molar-refractivity contribution in [2.45, 2.75) is 20.3 Å². The van der Waals surface area contributed by atoms with Crippen molar-refractivity contribution in [3.05, 3.63) is 29.5 Å². The molecule has 0 atom stereocenters. The maximum atomic E-state index is 9.69. The second-order valence-corrected chi connectivity index (χ2v) is 4.04. The van der Waals surface area contributed by atoms with Gasteiger partial charge in [0.25, 0.3) is 0 Å². The molecule has 0 saturated carbocycles. The number of aromatic hydroxyl groups is 1. The van der Waals surface area contributed by atoms with Gasteiger partial charge in [-0.15, -0.1) is 5.10 Å². The van der Waals surface area contributed by atoms with Crippen LogP contribution in [0.1, 0.15) is 18.2 Å². The molecule has 17 heavy (non-hydrogen) atoms. The Labute approximate surface area is 97.7 Å². The Morgan fingerprint density at radius 2 is 2.12 bits per heavy atom. The van der Waals surface area contributed by atoms with E-state index in [9.17, 15) is 5.11 Å². The van der Waals surface area contributed by atoms with Crippen molar-refractivity contribution in [2.24, 2.45) is 0 Å². The van der Waals surface area contributed by atoms with E-state index in [-0.39, 0.29) is 6.01 Å². The van der Waals surface area contributed by atoms with Gasteiger partial charge in [-0.25, -0.2) is 4.40 Å². The standard InChI is InChI=1S/C12H12N4O/c1-3-8-7(2)6-10-9(13-8)4-5-11-14-15-12(17)16(10)11/h4-6H,3H2,1-2H3,(H,15,17). The average Bonchev–Trinajstić information content (AvgIpc) is 2.70. The molecule has 5 nitrogen and oxygen atoms in total. The van der Waals surface area contributed by atoms with E-state index in [0.29, 0.717) is 5.65 Å². The minimum atomic E-state index is -0.101. The van der Waals surface area contributed by atoms with Crippen molar-refractivity contribution in [3.8, 4) is 6.01 Å². The summed E-state index contributed by atoms with van der Waals surface area (Å²) < 4.78 is 1.61. The molecule has 0 radical (unpaired) electrons. The Morgan fingerprint density at radius 3 is 2.88 bits per heavy atom. The second kappa shape index (κ2) is 3.41. The largest absolute Gasteiger partial charge is 0.479 e. The van der Waals surface area contributed by atoms with Gasteiger partial charge in [0, 0.05) is 5.69 Å². The fourth-order valence-corrected chi connectivity index (χ4v) is 2.09. The highest BCUT2D eigenvalue weighted by atomic mass is 16.3. The molecule has 0 bridgehead atoms. The summed E-state index contributed by atoms with van der Waals surface area (Å²) in [5, 5.41) is 17.2. The highest BCUT2D eigenvalue weighted by Crippen LogP contribution is 2.21. The molecular weight excluding hydrogens is 216 g/mol. The van der Waals surface area contributed by atoms with Crippen LogP contribution in [0, 0.1) is 6.92 Å². The molecule has 86 valence electrons. The van der Waals surface area contributed by atoms with Crippen LogP contribution in [-0.4, -0.2) is 24.7 Å². The molecule has 5 heteroatoms. The third-order valence-corrected chi connectivity index (χ3v) is 2.96. The molecule has 3 heterocycles. The highest BCUT2D eigenvalue weighted by Gasteiger charge is 2.09. The number of aromatic nitrogens is 4. The quantitative estimate of drug-likeness (QED) is 0.690. The number of pyridine rings is 2. The van der Waals surface area contributed by atoms with Gasteiger partial charge < -0.3 is 5.11 Å². The van der Waals surface area contributed by atoms with E-state index in [2.05, 4.69) is 22.1 Å². The van der Waals surface area contributed by atoms with Crippen LogP contribution < -0.4 is 0 Å². The van der Waals surface area contributed by atoms with E-state index in [4.69, 9.17) is 0 Å². The van der Waals surface area contributed by atoms with Gasteiger partial charge in [0.05, 0.1) is 11.0 Å². The number of hydrogen-bond acceptors (Lipinski definition) is 4. The summed E-state index contributed by atoms with van der Waals surface area (Å²) in [5.41, 5.74) is 4.49. The lowest BCUT2D eigenvalue weighted by Gasteiger charge is -2.06. The van der Waals surface area contributed by atoms with Gasteiger partial charge in [-0.3, -0.25) is 4.98 Å². The van der Waals surface area contributed by atoms with Gasteiger partial charge in [0.1, 0.15) is 0 Å². The summed E-state index contributed by atoms with van der Waals surface area (Å²) >= 11 is 0. The summed E-state index contributed by atoms with van der Waals surface area (Å²) in [6, 6.07) is 5.61. The van der Waals surface area contributed by atoms with E-state index in [1.807, 2.05) is 19.1 Å². The normalized spacial score (nSPS) is 11.4. The average molecular weight is 228 g/mol. The second-order valence-electron chi connectivity index (χ2n) is 4.04. The van der Waals surface area contributed by atoms with E-state index >= 15 is 0 Å². The summed E-state index contributed by atoms with van der Waals surface area (Å²) in [7, 11) is 0. The molecule has 0 aliphatic rings. The summed E-state index contributed by atoms with van der Waals surface area (Å²) in [5.74, 6) is 0. The number of nitrogens with zero attached hydrogens (tertiary/aromatic N) is 4. The Kier molecular flexibility index (Phi) is 2.01. The number of aryl methyl sites for hydroxylation is 2. The van der Waals surface area contributed by atoms with E-state index in [0.717, 1.165) is 28.7 Å². The van der Waals surface area contributed by atoms with Crippen LogP contribution in [0.2, 0.25) is 0 Å². The first-order valence-electron chi connectivity index (χ1n) is 5.54. The predicted octanol–water partition coefficient (Wildman–Crippen LogP) is 1.85. The first-order chi connectivity index (χ1) is 8.20. The monoisotopic (exact) mass is 228 g/mol. The van der Waals surface area contributed by atoms with Gasteiger partial charge in [-0.2, -0.15) is 0 Å². The molecule has 3 aromatic rings. The fraction of sp³-hybridized carbons (Fsp3) is 0.250. The first-order valence-corrected chi connectivity index (χ1v) is 5.54. The topological polar surface area (TPSA) is 63.3 Å². The highest BCUT2D eigenvalue weighted by molar-refractivity contribution is 5.79. The van der Waals surface area contributed by atoms with Crippen molar-refractivity contribution >= 4 is 16.7 Å². The Hall–Kier alpha value is -2.17. The molecular formula is C12H12N4O. The Morgan fingerprint density at radius 1 is 1.29 bits per heavy atom. The lowest BCUT2D eigenvalue weighted by Crippen LogP contribution is -1.96. The van der Waals surface area contributed by atoms with Crippen molar-refractivity contribution in [2.75, 3.05) is 0 Å². The molecule has 1 N–H and O–H groups in total. The zero-order valence-electron chi connectivity index (χ0n) is 9.68. The number of rotatable bonds is 1. The maximum Gasteiger partial charge on any atom is 0.319 e. The number of hydrogen-bond donors (Lipinski definition) is 1. The van der Waals surface area contributed by atoms with Crippen LogP contribution in [0.5, 0.6) is 6.01 Å². The van der Waals surface area contributed by atoms with Crippen molar-refractivity contribution < 1.29 is 5.11 Å². The van der Waals surface area contributed by atoms with Crippen LogP contribution in [0.25, 0.3) is 16.7 Å². The van der Waals surface area contributed by atoms with Gasteiger partial charge in [0.15, 0.2) is 5.65 Å². The van der Waals surface area contributed by atoms with Crippen LogP contribution in [0.15, 0.2) is 18.2 Å². The molecule has 0 unspecified atom stereocenters. The zero-order chi connectivity index (χ0) is 12.0. The van der Waals surface area contributed by atoms with Crippen LogP contribution in [0.4, 0.5) is 0 Å². The smallest absolute Gasteiger partial charge is 0.319 e. The predicted molar refractivity (Wildman–Crippen MR) is 64.1 cm³/mol. The zero-order valence-corrected chi connectivity index (χ0v) is 9.68. The lowest BCUT2D eigenvalue weighted by atomic mass is 10.1. The molecule has 0 spiro atoms. The van der Waals surface area contributed by atoms with E-state index < -0.39 is 0 Å². The summed E-state index contributed by atoms with van der Waals surface area (Å²) in [4.78, 5) is 4.58. The third-order valence-electron chi connectivity index (χ3n) is 2.96. The molecule has 3 rings (SSSR count). The minimum absolute atomic E-state index is 0.101. The molecule has 0 fully saturated rings. The van der Waals surface area contributed by atoms with Gasteiger partial charge in [0.2, 0.25) is 0 Å². The molecule has 0 amide bonds.